The molecule has 0 radical (unpaired) electrons. The molecule has 3 aromatic rings. The van der Waals surface area contributed by atoms with Crippen molar-refractivity contribution in [3.63, 3.8) is 0 Å². The molecule has 1 aromatic carbocycles. The van der Waals surface area contributed by atoms with Crippen LogP contribution in [0, 0.1) is 5.82 Å². The number of alkyl halides is 3. The molecular weight excluding hydrogens is 376 g/mol. The average molecular weight is 388 g/mol. The maximum Gasteiger partial charge on any atom is 0.409 e. The molecule has 11 heteroatoms. The molecule has 0 saturated carbocycles. The van der Waals surface area contributed by atoms with Crippen LogP contribution in [0.25, 0.3) is 5.65 Å². The van der Waals surface area contributed by atoms with Gasteiger partial charge in [0.25, 0.3) is 0 Å². The molecule has 0 amide bonds. The van der Waals surface area contributed by atoms with Crippen LogP contribution in [0.15, 0.2) is 53.8 Å². The molecule has 0 aliphatic rings. The Bertz CT molecular complexity index is 1030. The molecule has 0 spiro atoms. The Morgan fingerprint density at radius 2 is 1.81 bits per heavy atom. The highest BCUT2D eigenvalue weighted by Gasteiger charge is 2.47. The summed E-state index contributed by atoms with van der Waals surface area (Å²) in [7, 11) is -3.74. The van der Waals surface area contributed by atoms with E-state index in [4.69, 9.17) is 0 Å². The number of benzene rings is 1. The van der Waals surface area contributed by atoms with Crippen molar-refractivity contribution in [2.45, 2.75) is 17.1 Å². The lowest BCUT2D eigenvalue weighted by molar-refractivity contribution is -0.171. The number of sulfonamides is 1. The molecule has 138 valence electrons. The van der Waals surface area contributed by atoms with Gasteiger partial charge in [-0.1, -0.05) is 12.1 Å². The van der Waals surface area contributed by atoms with Crippen molar-refractivity contribution in [1.82, 2.24) is 18.9 Å². The second-order valence-corrected chi connectivity index (χ2v) is 7.44. The van der Waals surface area contributed by atoms with E-state index in [-0.39, 0.29) is 4.31 Å². The van der Waals surface area contributed by atoms with E-state index in [0.29, 0.717) is 5.65 Å². The third kappa shape index (κ3) is 3.27. The minimum atomic E-state index is -4.91. The first-order chi connectivity index (χ1) is 12.1. The van der Waals surface area contributed by atoms with Crippen molar-refractivity contribution >= 4 is 15.7 Å². The van der Waals surface area contributed by atoms with Crippen molar-refractivity contribution in [2.24, 2.45) is 0 Å². The molecule has 3 rings (SSSR count). The van der Waals surface area contributed by atoms with Gasteiger partial charge in [-0.3, -0.25) is 0 Å². The van der Waals surface area contributed by atoms with E-state index in [1.807, 2.05) is 0 Å². The lowest BCUT2D eigenvalue weighted by Crippen LogP contribution is -2.39. The van der Waals surface area contributed by atoms with Crippen molar-refractivity contribution in [2.75, 3.05) is 7.05 Å². The number of hydrogen-bond acceptors (Lipinski definition) is 4. The molecule has 26 heavy (non-hydrogen) atoms. The van der Waals surface area contributed by atoms with E-state index in [9.17, 15) is 26.0 Å². The smallest absolute Gasteiger partial charge is 0.236 e. The Kier molecular flexibility index (Phi) is 4.44. The van der Waals surface area contributed by atoms with Gasteiger partial charge in [-0.05, 0) is 17.7 Å². The summed E-state index contributed by atoms with van der Waals surface area (Å²) in [5, 5.41) is 3.82. The van der Waals surface area contributed by atoms with Crippen LogP contribution in [0.3, 0.4) is 0 Å². The largest absolute Gasteiger partial charge is 0.409 e. The molecular formula is C15H12F4N4O2S. The fourth-order valence-electron chi connectivity index (χ4n) is 2.48. The van der Waals surface area contributed by atoms with Gasteiger partial charge in [-0.2, -0.15) is 22.6 Å². The van der Waals surface area contributed by atoms with Gasteiger partial charge < -0.3 is 0 Å². The van der Waals surface area contributed by atoms with Crippen LogP contribution < -0.4 is 0 Å². The lowest BCUT2D eigenvalue weighted by atomic mass is 10.1. The third-order valence-corrected chi connectivity index (χ3v) is 5.53. The van der Waals surface area contributed by atoms with E-state index in [1.54, 1.807) is 0 Å². The Hall–Kier alpha value is -2.53. The van der Waals surface area contributed by atoms with E-state index < -0.39 is 38.5 Å². The van der Waals surface area contributed by atoms with Crippen LogP contribution in [-0.4, -0.2) is 40.5 Å². The van der Waals surface area contributed by atoms with Gasteiger partial charge in [0.15, 0.2) is 5.65 Å². The number of nitrogens with zero attached hydrogens (tertiary/aromatic N) is 4. The highest BCUT2D eigenvalue weighted by atomic mass is 32.2. The van der Waals surface area contributed by atoms with E-state index in [2.05, 4.69) is 10.1 Å². The summed E-state index contributed by atoms with van der Waals surface area (Å²) in [5.41, 5.74) is -0.0596. The summed E-state index contributed by atoms with van der Waals surface area (Å²) >= 11 is 0. The number of rotatable bonds is 4. The van der Waals surface area contributed by atoms with Gasteiger partial charge in [0.05, 0.1) is 18.6 Å². The van der Waals surface area contributed by atoms with Crippen molar-refractivity contribution in [3.8, 4) is 0 Å². The summed E-state index contributed by atoms with van der Waals surface area (Å²) in [6, 6.07) is 2.50. The van der Waals surface area contributed by atoms with Gasteiger partial charge in [0.1, 0.15) is 16.8 Å². The average Bonchev–Trinajstić information content (AvgIpc) is 3.03. The van der Waals surface area contributed by atoms with Crippen molar-refractivity contribution in [3.05, 3.63) is 60.3 Å². The molecule has 0 aliphatic heterocycles. The predicted octanol–water partition coefficient (Wildman–Crippen LogP) is 2.79. The van der Waals surface area contributed by atoms with Crippen LogP contribution in [0.2, 0.25) is 0 Å². The molecule has 0 saturated heterocycles. The fourth-order valence-corrected chi connectivity index (χ4v) is 3.75. The van der Waals surface area contributed by atoms with Crippen LogP contribution in [0.5, 0.6) is 0 Å². The maximum absolute atomic E-state index is 13.6. The highest BCUT2D eigenvalue weighted by Crippen LogP contribution is 2.39. The number of aromatic nitrogens is 3. The molecule has 2 heterocycles. The van der Waals surface area contributed by atoms with Gasteiger partial charge in [-0.15, -0.1) is 0 Å². The van der Waals surface area contributed by atoms with Crippen molar-refractivity contribution in [1.29, 1.82) is 0 Å². The molecule has 0 bridgehead atoms. The molecule has 2 aromatic heterocycles. The number of hydrogen-bond donors (Lipinski definition) is 0. The summed E-state index contributed by atoms with van der Waals surface area (Å²) in [6.45, 7) is 0. The first kappa shape index (κ1) is 18.3. The van der Waals surface area contributed by atoms with E-state index in [0.717, 1.165) is 48.2 Å². The van der Waals surface area contributed by atoms with E-state index >= 15 is 0 Å². The van der Waals surface area contributed by atoms with Crippen LogP contribution in [-0.2, 0) is 10.0 Å². The second kappa shape index (κ2) is 6.32. The SMILES string of the molecule is CN(C(c1ccc(F)cc1)C(F)(F)F)S(=O)(=O)c1cnc2ccnn2c1. The second-order valence-electron chi connectivity index (χ2n) is 5.44. The number of halogens is 4. The zero-order valence-corrected chi connectivity index (χ0v) is 14.0. The highest BCUT2D eigenvalue weighted by molar-refractivity contribution is 7.89. The Labute approximate surface area is 145 Å². The minimum Gasteiger partial charge on any atom is -0.236 e. The quantitative estimate of drug-likeness (QED) is 0.645. The maximum atomic E-state index is 13.6. The predicted molar refractivity (Wildman–Crippen MR) is 83.1 cm³/mol. The standard InChI is InChI=1S/C15H12F4N4O2S/c1-22(14(15(17,18)19)10-2-4-11(16)5-3-10)26(24,25)12-8-20-13-6-7-21-23(13)9-12/h2-9,14H,1H3. The topological polar surface area (TPSA) is 67.6 Å². The first-order valence-electron chi connectivity index (χ1n) is 7.20. The van der Waals surface area contributed by atoms with Gasteiger partial charge in [0.2, 0.25) is 10.0 Å². The lowest BCUT2D eigenvalue weighted by Gasteiger charge is -2.29. The monoisotopic (exact) mass is 388 g/mol. The Balaban J connectivity index is 2.07. The van der Waals surface area contributed by atoms with Crippen LogP contribution >= 0.6 is 0 Å². The molecule has 0 N–H and O–H groups in total. The van der Waals surface area contributed by atoms with Crippen LogP contribution in [0.4, 0.5) is 17.6 Å². The van der Waals surface area contributed by atoms with Gasteiger partial charge in [-0.25, -0.2) is 22.3 Å². The third-order valence-electron chi connectivity index (χ3n) is 3.76. The molecule has 0 fully saturated rings. The normalized spacial score (nSPS) is 14.1. The number of fused-ring (bicyclic) bond motifs is 1. The molecule has 1 unspecified atom stereocenters. The van der Waals surface area contributed by atoms with Crippen molar-refractivity contribution < 1.29 is 26.0 Å². The fraction of sp³-hybridized carbons (Fsp3) is 0.200. The van der Waals surface area contributed by atoms with Crippen LogP contribution in [0.1, 0.15) is 11.6 Å². The Morgan fingerprint density at radius 1 is 1.15 bits per heavy atom. The first-order valence-corrected chi connectivity index (χ1v) is 8.64. The summed E-state index contributed by atoms with van der Waals surface area (Å²) in [6.07, 6.45) is -1.50. The summed E-state index contributed by atoms with van der Waals surface area (Å²) in [4.78, 5) is 3.41. The minimum absolute atomic E-state index is 0.187. The zero-order valence-electron chi connectivity index (χ0n) is 13.2. The Morgan fingerprint density at radius 3 is 2.42 bits per heavy atom. The van der Waals surface area contributed by atoms with Gasteiger partial charge in [0, 0.05) is 13.1 Å². The molecule has 0 aliphatic carbocycles. The van der Waals surface area contributed by atoms with Gasteiger partial charge >= 0.3 is 6.18 Å². The molecule has 1 atom stereocenters. The zero-order chi connectivity index (χ0) is 19.1. The molecule has 6 nitrogen and oxygen atoms in total. The summed E-state index contributed by atoms with van der Waals surface area (Å²) < 4.78 is 80.5. The summed E-state index contributed by atoms with van der Waals surface area (Å²) in [5.74, 6) is -0.728. The van der Waals surface area contributed by atoms with E-state index in [1.165, 1.54) is 12.3 Å².